The molecule has 1 aliphatic rings. The molecule has 0 bridgehead atoms. The van der Waals surface area contributed by atoms with E-state index in [1.165, 1.54) is 19.1 Å². The molecule has 0 unspecified atom stereocenters. The number of cyclic esters (lactones) is 2. The summed E-state index contributed by atoms with van der Waals surface area (Å²) >= 11 is 0. The van der Waals surface area contributed by atoms with E-state index in [1.807, 2.05) is 0 Å². The number of hydrogen-bond donors (Lipinski definition) is 2. The number of esters is 2. The Morgan fingerprint density at radius 3 is 2.15 bits per heavy atom. The van der Waals surface area contributed by atoms with Crippen LogP contribution in [0, 0.1) is 0 Å². The van der Waals surface area contributed by atoms with Crippen LogP contribution in [0.1, 0.15) is 39.6 Å². The zero-order valence-electron chi connectivity index (χ0n) is 10.4. The third-order valence-electron chi connectivity index (χ3n) is 3.38. The van der Waals surface area contributed by atoms with E-state index < -0.39 is 40.4 Å². The van der Waals surface area contributed by atoms with Crippen LogP contribution in [0.2, 0.25) is 0 Å². The van der Waals surface area contributed by atoms with Crippen LogP contribution >= 0.6 is 0 Å². The molecule has 0 amide bonds. The standard InChI is InChI=1S/C13H10O7/c1-2-13(11(18)20-12(13)19)7-5-3-4-6(9(14)15)8(7)10(16)17/h3-5H,2H2,1H3,(H,14,15)(H,16,17). The average molecular weight is 278 g/mol. The van der Waals surface area contributed by atoms with Crippen LogP contribution in [-0.4, -0.2) is 34.1 Å². The van der Waals surface area contributed by atoms with E-state index in [4.69, 9.17) is 5.11 Å². The fourth-order valence-corrected chi connectivity index (χ4v) is 2.31. The highest BCUT2D eigenvalue weighted by Crippen LogP contribution is 2.40. The molecule has 0 saturated carbocycles. The van der Waals surface area contributed by atoms with Crippen molar-refractivity contribution < 1.29 is 34.1 Å². The third-order valence-corrected chi connectivity index (χ3v) is 3.38. The second kappa shape index (κ2) is 4.44. The minimum Gasteiger partial charge on any atom is -0.478 e. The van der Waals surface area contributed by atoms with Gasteiger partial charge in [-0.25, -0.2) is 19.2 Å². The van der Waals surface area contributed by atoms with E-state index in [0.717, 1.165) is 6.07 Å². The van der Waals surface area contributed by atoms with Gasteiger partial charge in [0, 0.05) is 0 Å². The second-order valence-corrected chi connectivity index (χ2v) is 4.27. The maximum Gasteiger partial charge on any atom is 0.336 e. The van der Waals surface area contributed by atoms with Crippen LogP contribution in [0.25, 0.3) is 0 Å². The Balaban J connectivity index is 2.78. The average Bonchev–Trinajstić information content (AvgIpc) is 2.39. The predicted molar refractivity (Wildman–Crippen MR) is 63.4 cm³/mol. The number of carboxylic acid groups (broad SMARTS) is 2. The summed E-state index contributed by atoms with van der Waals surface area (Å²) in [6.45, 7) is 1.53. The van der Waals surface area contributed by atoms with Crippen LogP contribution in [0.3, 0.4) is 0 Å². The van der Waals surface area contributed by atoms with E-state index in [0.29, 0.717) is 0 Å². The highest BCUT2D eigenvalue weighted by atomic mass is 16.6. The van der Waals surface area contributed by atoms with E-state index in [-0.39, 0.29) is 12.0 Å². The normalized spacial score (nSPS) is 16.2. The molecule has 1 aromatic carbocycles. The molecule has 1 heterocycles. The zero-order chi connectivity index (χ0) is 15.1. The lowest BCUT2D eigenvalue weighted by Crippen LogP contribution is -2.57. The molecule has 104 valence electrons. The van der Waals surface area contributed by atoms with E-state index in [2.05, 4.69) is 4.74 Å². The van der Waals surface area contributed by atoms with Gasteiger partial charge in [0.05, 0.1) is 11.1 Å². The van der Waals surface area contributed by atoms with Gasteiger partial charge in [-0.15, -0.1) is 0 Å². The smallest absolute Gasteiger partial charge is 0.336 e. The van der Waals surface area contributed by atoms with Crippen molar-refractivity contribution in [2.24, 2.45) is 0 Å². The van der Waals surface area contributed by atoms with Crippen molar-refractivity contribution in [1.29, 1.82) is 0 Å². The lowest BCUT2D eigenvalue weighted by atomic mass is 9.72. The SMILES string of the molecule is CCC1(c2cccc(C(=O)O)c2C(=O)O)C(=O)OC1=O. The predicted octanol–water partition coefficient (Wildman–Crippen LogP) is 0.814. The van der Waals surface area contributed by atoms with E-state index in [9.17, 15) is 24.3 Å². The Labute approximate surface area is 112 Å². The molecular weight excluding hydrogens is 268 g/mol. The van der Waals surface area contributed by atoms with Gasteiger partial charge in [-0.05, 0) is 18.1 Å². The van der Waals surface area contributed by atoms with E-state index >= 15 is 0 Å². The Bertz CT molecular complexity index is 630. The minimum absolute atomic E-state index is 0.00593. The first-order valence-corrected chi connectivity index (χ1v) is 5.73. The van der Waals surface area contributed by atoms with Gasteiger partial charge < -0.3 is 14.9 Å². The molecule has 0 radical (unpaired) electrons. The summed E-state index contributed by atoms with van der Waals surface area (Å²) in [6.07, 6.45) is -0.00593. The lowest BCUT2D eigenvalue weighted by molar-refractivity contribution is -0.188. The van der Waals surface area contributed by atoms with E-state index in [1.54, 1.807) is 0 Å². The van der Waals surface area contributed by atoms with Crippen molar-refractivity contribution in [3.8, 4) is 0 Å². The number of benzene rings is 1. The quantitative estimate of drug-likeness (QED) is 0.618. The summed E-state index contributed by atoms with van der Waals surface area (Å²) in [6, 6.07) is 3.66. The van der Waals surface area contributed by atoms with Crippen LogP contribution in [0.4, 0.5) is 0 Å². The molecule has 7 nitrogen and oxygen atoms in total. The van der Waals surface area contributed by atoms with Crippen molar-refractivity contribution in [2.75, 3.05) is 0 Å². The number of aromatic carboxylic acids is 2. The monoisotopic (exact) mass is 278 g/mol. The van der Waals surface area contributed by atoms with Crippen LogP contribution < -0.4 is 0 Å². The summed E-state index contributed by atoms with van der Waals surface area (Å²) in [4.78, 5) is 45.8. The van der Waals surface area contributed by atoms with Crippen LogP contribution in [0.15, 0.2) is 18.2 Å². The molecule has 7 heteroatoms. The van der Waals surface area contributed by atoms with Gasteiger partial charge >= 0.3 is 23.9 Å². The number of carbonyl (C=O) groups is 4. The maximum absolute atomic E-state index is 11.7. The number of ether oxygens (including phenoxy) is 1. The minimum atomic E-state index is -1.72. The molecule has 20 heavy (non-hydrogen) atoms. The summed E-state index contributed by atoms with van der Waals surface area (Å²) in [7, 11) is 0. The maximum atomic E-state index is 11.7. The number of rotatable bonds is 4. The summed E-state index contributed by atoms with van der Waals surface area (Å²) < 4.78 is 4.32. The molecule has 2 N–H and O–H groups in total. The number of hydrogen-bond acceptors (Lipinski definition) is 5. The summed E-state index contributed by atoms with van der Waals surface area (Å²) in [5.41, 5.74) is -2.91. The van der Waals surface area contributed by atoms with Crippen molar-refractivity contribution in [1.82, 2.24) is 0 Å². The number of carbonyl (C=O) groups excluding carboxylic acids is 2. The number of carboxylic acids is 2. The highest BCUT2D eigenvalue weighted by Gasteiger charge is 2.60. The van der Waals surface area contributed by atoms with Gasteiger partial charge in [0.25, 0.3) is 0 Å². The zero-order valence-corrected chi connectivity index (χ0v) is 10.4. The van der Waals surface area contributed by atoms with Crippen LogP contribution in [-0.2, 0) is 19.7 Å². The van der Waals surface area contributed by atoms with Gasteiger partial charge in [-0.3, -0.25) is 0 Å². The molecule has 0 aliphatic carbocycles. The lowest BCUT2D eigenvalue weighted by Gasteiger charge is -2.36. The molecule has 0 aromatic heterocycles. The van der Waals surface area contributed by atoms with Crippen LogP contribution in [0.5, 0.6) is 0 Å². The molecule has 0 spiro atoms. The molecule has 1 fully saturated rings. The van der Waals surface area contributed by atoms with Crippen molar-refractivity contribution in [3.05, 3.63) is 34.9 Å². The molecule has 1 saturated heterocycles. The third kappa shape index (κ3) is 1.59. The van der Waals surface area contributed by atoms with Crippen molar-refractivity contribution in [2.45, 2.75) is 18.8 Å². The van der Waals surface area contributed by atoms with Gasteiger partial charge in [0.15, 0.2) is 5.41 Å². The molecule has 1 aromatic rings. The van der Waals surface area contributed by atoms with Gasteiger partial charge in [-0.1, -0.05) is 19.1 Å². The highest BCUT2D eigenvalue weighted by molar-refractivity contribution is 6.20. The second-order valence-electron chi connectivity index (χ2n) is 4.27. The van der Waals surface area contributed by atoms with Crippen molar-refractivity contribution in [3.63, 3.8) is 0 Å². The molecule has 1 aliphatic heterocycles. The molecular formula is C13H10O7. The van der Waals surface area contributed by atoms with Gasteiger partial charge in [-0.2, -0.15) is 0 Å². The summed E-state index contributed by atoms with van der Waals surface area (Å²) in [5.74, 6) is -4.70. The Kier molecular flexibility index (Phi) is 3.05. The first-order valence-electron chi connectivity index (χ1n) is 5.73. The van der Waals surface area contributed by atoms with Crippen molar-refractivity contribution >= 4 is 23.9 Å². The summed E-state index contributed by atoms with van der Waals surface area (Å²) in [5, 5.41) is 18.3. The largest absolute Gasteiger partial charge is 0.478 e. The fraction of sp³-hybridized carbons (Fsp3) is 0.231. The Morgan fingerprint density at radius 2 is 1.75 bits per heavy atom. The Morgan fingerprint density at radius 1 is 1.15 bits per heavy atom. The fourth-order valence-electron chi connectivity index (χ4n) is 2.31. The first kappa shape index (κ1) is 13.7. The van der Waals surface area contributed by atoms with Gasteiger partial charge in [0.1, 0.15) is 0 Å². The Hall–Kier alpha value is -2.70. The van der Waals surface area contributed by atoms with Gasteiger partial charge in [0.2, 0.25) is 0 Å². The first-order chi connectivity index (χ1) is 9.36. The molecule has 2 rings (SSSR count). The molecule has 0 atom stereocenters. The topological polar surface area (TPSA) is 118 Å².